The molecule has 94 valence electrons. The van der Waals surface area contributed by atoms with E-state index in [1.165, 1.54) is 18.9 Å². The number of hydrogen-bond acceptors (Lipinski definition) is 2. The molecule has 1 atom stereocenters. The molecule has 2 rings (SSSR count). The fourth-order valence-corrected chi connectivity index (χ4v) is 2.79. The highest BCUT2D eigenvalue weighted by Crippen LogP contribution is 2.24. The third-order valence-electron chi connectivity index (χ3n) is 3.36. The Morgan fingerprint density at radius 3 is 3.06 bits per heavy atom. The predicted molar refractivity (Wildman–Crippen MR) is 71.2 cm³/mol. The van der Waals surface area contributed by atoms with Gasteiger partial charge in [0.25, 0.3) is 0 Å². The molecule has 0 aliphatic carbocycles. The van der Waals surface area contributed by atoms with Crippen molar-refractivity contribution in [3.63, 3.8) is 0 Å². The molecule has 2 nitrogen and oxygen atoms in total. The minimum Gasteiger partial charge on any atom is -0.330 e. The lowest BCUT2D eigenvalue weighted by atomic mass is 9.98. The normalized spacial score (nSPS) is 21.7. The third-order valence-corrected chi connectivity index (χ3v) is 4.25. The van der Waals surface area contributed by atoms with Crippen LogP contribution >= 0.6 is 15.9 Å². The number of halogens is 2. The maximum absolute atomic E-state index is 13.4. The average molecular weight is 301 g/mol. The van der Waals surface area contributed by atoms with Crippen LogP contribution in [0, 0.1) is 11.7 Å². The van der Waals surface area contributed by atoms with E-state index in [-0.39, 0.29) is 5.82 Å². The minimum absolute atomic E-state index is 0.185. The van der Waals surface area contributed by atoms with Crippen LogP contribution in [-0.4, -0.2) is 24.5 Å². The summed E-state index contributed by atoms with van der Waals surface area (Å²) in [7, 11) is 0. The van der Waals surface area contributed by atoms with Gasteiger partial charge in [0.2, 0.25) is 0 Å². The minimum atomic E-state index is -0.185. The molecule has 1 saturated heterocycles. The molecule has 0 saturated carbocycles. The highest BCUT2D eigenvalue weighted by Gasteiger charge is 2.19. The molecule has 0 spiro atoms. The van der Waals surface area contributed by atoms with Crippen molar-refractivity contribution in [1.29, 1.82) is 0 Å². The lowest BCUT2D eigenvalue weighted by molar-refractivity contribution is 0.170. The van der Waals surface area contributed by atoms with Gasteiger partial charge in [-0.05, 0) is 59.4 Å². The first-order chi connectivity index (χ1) is 8.20. The Kier molecular flexibility index (Phi) is 4.54. The van der Waals surface area contributed by atoms with Gasteiger partial charge >= 0.3 is 0 Å². The summed E-state index contributed by atoms with van der Waals surface area (Å²) in [6.45, 7) is 3.66. The van der Waals surface area contributed by atoms with Gasteiger partial charge in [0, 0.05) is 13.1 Å². The number of likely N-dealkylation sites (tertiary alicyclic amines) is 1. The predicted octanol–water partition coefficient (Wildman–Crippen LogP) is 2.76. The van der Waals surface area contributed by atoms with Gasteiger partial charge in [-0.3, -0.25) is 4.90 Å². The smallest absolute Gasteiger partial charge is 0.137 e. The fraction of sp³-hybridized carbons (Fsp3) is 0.538. The van der Waals surface area contributed by atoms with Crippen LogP contribution in [0.4, 0.5) is 4.39 Å². The van der Waals surface area contributed by atoms with E-state index < -0.39 is 0 Å². The third kappa shape index (κ3) is 3.27. The van der Waals surface area contributed by atoms with E-state index in [1.54, 1.807) is 6.07 Å². The molecule has 0 radical (unpaired) electrons. The van der Waals surface area contributed by atoms with Gasteiger partial charge in [-0.1, -0.05) is 12.1 Å². The SMILES string of the molecule is NCC1CCCN(Cc2cccc(F)c2Br)C1. The van der Waals surface area contributed by atoms with Crippen LogP contribution < -0.4 is 5.73 Å². The number of nitrogens with two attached hydrogens (primary N) is 1. The maximum atomic E-state index is 13.4. The van der Waals surface area contributed by atoms with Crippen LogP contribution in [0.3, 0.4) is 0 Å². The Hall–Kier alpha value is -0.450. The van der Waals surface area contributed by atoms with Crippen molar-refractivity contribution in [3.8, 4) is 0 Å². The van der Waals surface area contributed by atoms with Crippen LogP contribution in [-0.2, 0) is 6.54 Å². The highest BCUT2D eigenvalue weighted by atomic mass is 79.9. The van der Waals surface area contributed by atoms with Crippen molar-refractivity contribution in [2.75, 3.05) is 19.6 Å². The quantitative estimate of drug-likeness (QED) is 0.930. The Balaban J connectivity index is 2.02. The van der Waals surface area contributed by atoms with E-state index in [4.69, 9.17) is 5.73 Å². The maximum Gasteiger partial charge on any atom is 0.137 e. The molecule has 2 N–H and O–H groups in total. The van der Waals surface area contributed by atoms with Crippen LogP contribution in [0.15, 0.2) is 22.7 Å². The van der Waals surface area contributed by atoms with Crippen LogP contribution in [0.5, 0.6) is 0 Å². The van der Waals surface area contributed by atoms with E-state index in [0.29, 0.717) is 10.4 Å². The first-order valence-corrected chi connectivity index (χ1v) is 6.85. The first kappa shape index (κ1) is 13.0. The topological polar surface area (TPSA) is 29.3 Å². The number of nitrogens with zero attached hydrogens (tertiary/aromatic N) is 1. The number of piperidine rings is 1. The Morgan fingerprint density at radius 1 is 1.47 bits per heavy atom. The zero-order valence-corrected chi connectivity index (χ0v) is 11.4. The van der Waals surface area contributed by atoms with Gasteiger partial charge in [-0.2, -0.15) is 0 Å². The molecule has 1 aliphatic heterocycles. The molecule has 1 aliphatic rings. The second-order valence-corrected chi connectivity index (χ2v) is 5.49. The van der Waals surface area contributed by atoms with Gasteiger partial charge < -0.3 is 5.73 Å². The van der Waals surface area contributed by atoms with Crippen molar-refractivity contribution in [3.05, 3.63) is 34.1 Å². The van der Waals surface area contributed by atoms with Crippen LogP contribution in [0.1, 0.15) is 18.4 Å². The summed E-state index contributed by atoms with van der Waals surface area (Å²) in [6.07, 6.45) is 2.41. The Bertz CT molecular complexity index is 384. The lowest BCUT2D eigenvalue weighted by Gasteiger charge is -2.32. The molecular weight excluding hydrogens is 283 g/mol. The largest absolute Gasteiger partial charge is 0.330 e. The van der Waals surface area contributed by atoms with Crippen molar-refractivity contribution >= 4 is 15.9 Å². The fourth-order valence-electron chi connectivity index (χ4n) is 2.40. The highest BCUT2D eigenvalue weighted by molar-refractivity contribution is 9.10. The summed E-state index contributed by atoms with van der Waals surface area (Å²) < 4.78 is 14.0. The molecule has 1 fully saturated rings. The average Bonchev–Trinajstić information content (AvgIpc) is 2.35. The summed E-state index contributed by atoms with van der Waals surface area (Å²) in [5.74, 6) is 0.408. The second kappa shape index (κ2) is 5.94. The number of hydrogen-bond donors (Lipinski definition) is 1. The van der Waals surface area contributed by atoms with E-state index >= 15 is 0 Å². The molecule has 17 heavy (non-hydrogen) atoms. The molecule has 4 heteroatoms. The summed E-state index contributed by atoms with van der Waals surface area (Å²) >= 11 is 3.31. The zero-order valence-electron chi connectivity index (χ0n) is 9.83. The van der Waals surface area contributed by atoms with E-state index in [1.807, 2.05) is 6.07 Å². The first-order valence-electron chi connectivity index (χ1n) is 6.06. The summed E-state index contributed by atoms with van der Waals surface area (Å²) in [5.41, 5.74) is 6.73. The summed E-state index contributed by atoms with van der Waals surface area (Å²) in [6, 6.07) is 5.21. The molecule has 1 heterocycles. The van der Waals surface area contributed by atoms with E-state index in [9.17, 15) is 4.39 Å². The molecule has 1 aromatic carbocycles. The van der Waals surface area contributed by atoms with Crippen molar-refractivity contribution in [2.24, 2.45) is 11.7 Å². The number of rotatable bonds is 3. The zero-order chi connectivity index (χ0) is 12.3. The second-order valence-electron chi connectivity index (χ2n) is 4.69. The Labute approximate surface area is 110 Å². The standard InChI is InChI=1S/C13H18BrFN2/c14-13-11(4-1-5-12(13)15)9-17-6-2-3-10(7-16)8-17/h1,4-5,10H,2-3,6-9,16H2. The molecule has 1 unspecified atom stereocenters. The summed E-state index contributed by atoms with van der Waals surface area (Å²) in [5, 5.41) is 0. The monoisotopic (exact) mass is 300 g/mol. The summed E-state index contributed by atoms with van der Waals surface area (Å²) in [4.78, 5) is 2.36. The molecule has 0 aromatic heterocycles. The molecule has 0 amide bonds. The van der Waals surface area contributed by atoms with Crippen molar-refractivity contribution in [2.45, 2.75) is 19.4 Å². The number of benzene rings is 1. The lowest BCUT2D eigenvalue weighted by Crippen LogP contribution is -2.37. The molecular formula is C13H18BrFN2. The Morgan fingerprint density at radius 2 is 2.29 bits per heavy atom. The molecule has 1 aromatic rings. The van der Waals surface area contributed by atoms with Gasteiger partial charge in [0.1, 0.15) is 5.82 Å². The van der Waals surface area contributed by atoms with Crippen LogP contribution in [0.25, 0.3) is 0 Å². The van der Waals surface area contributed by atoms with Crippen LogP contribution in [0.2, 0.25) is 0 Å². The van der Waals surface area contributed by atoms with Crippen molar-refractivity contribution < 1.29 is 4.39 Å². The van der Waals surface area contributed by atoms with E-state index in [2.05, 4.69) is 20.8 Å². The van der Waals surface area contributed by atoms with Gasteiger partial charge in [0.15, 0.2) is 0 Å². The van der Waals surface area contributed by atoms with E-state index in [0.717, 1.165) is 31.7 Å². The van der Waals surface area contributed by atoms with Crippen molar-refractivity contribution in [1.82, 2.24) is 4.90 Å². The van der Waals surface area contributed by atoms with Gasteiger partial charge in [-0.25, -0.2) is 4.39 Å². The molecule has 0 bridgehead atoms. The van der Waals surface area contributed by atoms with Gasteiger partial charge in [-0.15, -0.1) is 0 Å². The van der Waals surface area contributed by atoms with Gasteiger partial charge in [0.05, 0.1) is 4.47 Å².